The fourth-order valence-corrected chi connectivity index (χ4v) is 4.94. The zero-order valence-corrected chi connectivity index (χ0v) is 17.0. The molecule has 0 saturated carbocycles. The first-order valence-electron chi connectivity index (χ1n) is 10.1. The molecule has 5 rings (SSSR count). The fraction of sp³-hybridized carbons (Fsp3) is 0.292. The van der Waals surface area contributed by atoms with Crippen LogP contribution >= 0.6 is 0 Å². The van der Waals surface area contributed by atoms with Crippen LogP contribution in [0.2, 0.25) is 0 Å². The lowest BCUT2D eigenvalue weighted by Crippen LogP contribution is -2.48. The van der Waals surface area contributed by atoms with E-state index in [9.17, 15) is 0 Å². The molecule has 0 amide bonds. The lowest BCUT2D eigenvalue weighted by Gasteiger charge is -2.41. The first-order valence-corrected chi connectivity index (χ1v) is 10.1. The maximum absolute atomic E-state index is 4.96. The Hall–Kier alpha value is -3.21. The molecule has 146 valence electrons. The van der Waals surface area contributed by atoms with Gasteiger partial charge in [-0.15, -0.1) is 0 Å². The van der Waals surface area contributed by atoms with Crippen molar-refractivity contribution in [2.45, 2.75) is 19.3 Å². The van der Waals surface area contributed by atoms with Crippen LogP contribution in [0.5, 0.6) is 0 Å². The molecule has 29 heavy (non-hydrogen) atoms. The first-order chi connectivity index (χ1) is 14.0. The molecule has 2 unspecified atom stereocenters. The van der Waals surface area contributed by atoms with Gasteiger partial charge in [-0.05, 0) is 53.7 Å². The molecule has 2 atom stereocenters. The third-order valence-corrected chi connectivity index (χ3v) is 6.47. The van der Waals surface area contributed by atoms with Crippen LogP contribution in [0, 0.1) is 12.8 Å². The van der Waals surface area contributed by atoms with Crippen LogP contribution in [-0.2, 0) is 0 Å². The van der Waals surface area contributed by atoms with Gasteiger partial charge in [0.15, 0.2) is 0 Å². The van der Waals surface area contributed by atoms with E-state index in [-0.39, 0.29) is 0 Å². The monoisotopic (exact) mass is 383 g/mol. The predicted molar refractivity (Wildman–Crippen MR) is 117 cm³/mol. The minimum absolute atomic E-state index is 0.428. The highest BCUT2D eigenvalue weighted by Gasteiger charge is 2.41. The van der Waals surface area contributed by atoms with E-state index in [2.05, 4.69) is 58.0 Å². The number of hydrogen-bond acceptors (Lipinski definition) is 5. The molecule has 5 nitrogen and oxygen atoms in total. The van der Waals surface area contributed by atoms with E-state index in [0.29, 0.717) is 11.8 Å². The Morgan fingerprint density at radius 2 is 2.00 bits per heavy atom. The number of guanidine groups is 1. The van der Waals surface area contributed by atoms with Gasteiger partial charge in [0, 0.05) is 37.9 Å². The number of allylic oxidation sites excluding steroid dienone is 1. The standard InChI is InChI=1S/C24H25N5/c1-15-6-5-7-19-18-9-11-29(13-20(18)17(3)23(15)19)24-27-22(12-16(2)28(24)4)21-8-10-25-14-26-21/h5-8,10,12,14,18,20H,2-3,9,11,13H2,1,4H3. The molecule has 0 N–H and O–H groups in total. The van der Waals surface area contributed by atoms with Crippen LogP contribution in [0.25, 0.3) is 11.3 Å². The minimum Gasteiger partial charge on any atom is -0.342 e. The molecule has 1 aromatic heterocycles. The summed E-state index contributed by atoms with van der Waals surface area (Å²) in [6.45, 7) is 12.8. The van der Waals surface area contributed by atoms with Crippen LogP contribution in [0.15, 0.2) is 66.7 Å². The smallest absolute Gasteiger partial charge is 0.206 e. The molecular weight excluding hydrogens is 358 g/mol. The van der Waals surface area contributed by atoms with E-state index in [1.807, 2.05) is 19.2 Å². The maximum Gasteiger partial charge on any atom is 0.206 e. The van der Waals surface area contributed by atoms with Crippen molar-refractivity contribution < 1.29 is 0 Å². The quantitative estimate of drug-likeness (QED) is 0.745. The van der Waals surface area contributed by atoms with Crippen LogP contribution in [0.3, 0.4) is 0 Å². The Labute approximate surface area is 171 Å². The predicted octanol–water partition coefficient (Wildman–Crippen LogP) is 4.07. The van der Waals surface area contributed by atoms with Crippen molar-refractivity contribution in [2.24, 2.45) is 10.9 Å². The Morgan fingerprint density at radius 3 is 2.79 bits per heavy atom. The van der Waals surface area contributed by atoms with Crippen molar-refractivity contribution >= 4 is 17.2 Å². The minimum atomic E-state index is 0.428. The summed E-state index contributed by atoms with van der Waals surface area (Å²) in [5, 5.41) is 0. The average Bonchev–Trinajstić information content (AvgIpc) is 3.03. The molecule has 5 heteroatoms. The molecule has 1 aliphatic carbocycles. The van der Waals surface area contributed by atoms with Gasteiger partial charge in [-0.2, -0.15) is 0 Å². The summed E-state index contributed by atoms with van der Waals surface area (Å²) in [6.07, 6.45) is 6.38. The number of likely N-dealkylation sites (N-methyl/N-ethyl adjacent to an activating group) is 1. The number of aryl methyl sites for hydroxylation is 1. The van der Waals surface area contributed by atoms with Gasteiger partial charge in [-0.1, -0.05) is 31.4 Å². The number of aliphatic imine (C=N–C) groups is 1. The Morgan fingerprint density at radius 1 is 1.14 bits per heavy atom. The van der Waals surface area contributed by atoms with Gasteiger partial charge in [-0.3, -0.25) is 0 Å². The third kappa shape index (κ3) is 2.80. The van der Waals surface area contributed by atoms with Crippen molar-refractivity contribution in [3.05, 3.63) is 84.1 Å². The zero-order valence-electron chi connectivity index (χ0n) is 17.0. The molecule has 2 aliphatic heterocycles. The summed E-state index contributed by atoms with van der Waals surface area (Å²) in [4.78, 5) is 17.8. The molecule has 2 aromatic rings. The average molecular weight is 383 g/mol. The molecule has 1 aromatic carbocycles. The lowest BCUT2D eigenvalue weighted by molar-refractivity contribution is 0.255. The van der Waals surface area contributed by atoms with E-state index in [1.165, 1.54) is 22.3 Å². The summed E-state index contributed by atoms with van der Waals surface area (Å²) in [7, 11) is 2.03. The van der Waals surface area contributed by atoms with Gasteiger partial charge in [0.2, 0.25) is 5.96 Å². The Bertz CT molecular complexity index is 1070. The van der Waals surface area contributed by atoms with Crippen molar-refractivity contribution in [3.63, 3.8) is 0 Å². The molecule has 0 bridgehead atoms. The summed E-state index contributed by atoms with van der Waals surface area (Å²) >= 11 is 0. The summed E-state index contributed by atoms with van der Waals surface area (Å²) in [6, 6.07) is 8.55. The van der Waals surface area contributed by atoms with E-state index in [1.54, 1.807) is 12.5 Å². The molecule has 1 saturated heterocycles. The number of hydrogen-bond donors (Lipinski definition) is 0. The second-order valence-electron chi connectivity index (χ2n) is 8.10. The van der Waals surface area contributed by atoms with Gasteiger partial charge >= 0.3 is 0 Å². The van der Waals surface area contributed by atoms with E-state index < -0.39 is 0 Å². The summed E-state index contributed by atoms with van der Waals surface area (Å²) < 4.78 is 0. The van der Waals surface area contributed by atoms with Gasteiger partial charge < -0.3 is 9.80 Å². The highest BCUT2D eigenvalue weighted by atomic mass is 15.4. The van der Waals surface area contributed by atoms with Crippen molar-refractivity contribution in [2.75, 3.05) is 20.1 Å². The summed E-state index contributed by atoms with van der Waals surface area (Å²) in [5.74, 6) is 1.92. The second kappa shape index (κ2) is 6.69. The molecule has 3 heterocycles. The van der Waals surface area contributed by atoms with Crippen LogP contribution in [-0.4, -0.2) is 45.9 Å². The number of fused-ring (bicyclic) bond motifs is 3. The first kappa shape index (κ1) is 17.9. The number of rotatable bonds is 1. The van der Waals surface area contributed by atoms with Crippen LogP contribution < -0.4 is 0 Å². The van der Waals surface area contributed by atoms with Crippen molar-refractivity contribution in [1.29, 1.82) is 0 Å². The molecular formula is C24H25N5. The SMILES string of the molecule is C=C1c2c(C)cccc2C2CCN(C3=NC(c4ccncn4)=CC(=C)N3C)CC12. The summed E-state index contributed by atoms with van der Waals surface area (Å²) in [5.41, 5.74) is 8.03. The number of benzene rings is 1. The van der Waals surface area contributed by atoms with Gasteiger partial charge in [-0.25, -0.2) is 15.0 Å². The molecule has 0 radical (unpaired) electrons. The third-order valence-electron chi connectivity index (χ3n) is 6.47. The second-order valence-corrected chi connectivity index (χ2v) is 8.10. The molecule has 1 fully saturated rings. The van der Waals surface area contributed by atoms with Crippen molar-refractivity contribution in [1.82, 2.24) is 19.8 Å². The topological polar surface area (TPSA) is 44.6 Å². The number of likely N-dealkylation sites (tertiary alicyclic amines) is 1. The molecule has 3 aliphatic rings. The van der Waals surface area contributed by atoms with Crippen LogP contribution in [0.4, 0.5) is 0 Å². The highest BCUT2D eigenvalue weighted by Crippen LogP contribution is 2.50. The largest absolute Gasteiger partial charge is 0.342 e. The van der Waals surface area contributed by atoms with E-state index >= 15 is 0 Å². The van der Waals surface area contributed by atoms with Gasteiger partial charge in [0.25, 0.3) is 0 Å². The van der Waals surface area contributed by atoms with Gasteiger partial charge in [0.05, 0.1) is 11.4 Å². The van der Waals surface area contributed by atoms with E-state index in [4.69, 9.17) is 4.99 Å². The maximum atomic E-state index is 4.96. The highest BCUT2D eigenvalue weighted by molar-refractivity contribution is 5.91. The van der Waals surface area contributed by atoms with Crippen LogP contribution in [0.1, 0.15) is 34.7 Å². The fourth-order valence-electron chi connectivity index (χ4n) is 4.94. The normalized spacial score (nSPS) is 23.5. The molecule has 0 spiro atoms. The van der Waals surface area contributed by atoms with Crippen molar-refractivity contribution in [3.8, 4) is 0 Å². The number of nitrogens with zero attached hydrogens (tertiary/aromatic N) is 5. The number of aromatic nitrogens is 2. The lowest BCUT2D eigenvalue weighted by atomic mass is 9.84. The Kier molecular flexibility index (Phi) is 4.12. The van der Waals surface area contributed by atoms with Gasteiger partial charge in [0.1, 0.15) is 6.33 Å². The Balaban J connectivity index is 1.46. The zero-order chi connectivity index (χ0) is 20.1. The van der Waals surface area contributed by atoms with E-state index in [0.717, 1.165) is 42.6 Å². The number of piperidine rings is 1.